The number of ether oxygens (including phenoxy) is 1. The predicted octanol–water partition coefficient (Wildman–Crippen LogP) is 3.28. The predicted molar refractivity (Wildman–Crippen MR) is 128 cm³/mol. The fraction of sp³-hybridized carbons (Fsp3) is 0.417. The number of hydrogen-bond donors (Lipinski definition) is 1. The maximum absolute atomic E-state index is 13.0. The fourth-order valence-corrected chi connectivity index (χ4v) is 5.45. The van der Waals surface area contributed by atoms with E-state index in [0.29, 0.717) is 18.8 Å². The van der Waals surface area contributed by atoms with E-state index in [0.717, 1.165) is 17.7 Å². The van der Waals surface area contributed by atoms with Crippen LogP contribution in [0.3, 0.4) is 0 Å². The van der Waals surface area contributed by atoms with Crippen molar-refractivity contribution >= 4 is 33.2 Å². The van der Waals surface area contributed by atoms with Crippen molar-refractivity contribution in [3.8, 4) is 5.75 Å². The molecule has 8 nitrogen and oxygen atoms in total. The standard InChI is InChI=1S/C24H31N3O5S/c1-5-17-9-8-10-19(13-17)27-16-18(14-23(27)28)24(29)25-21-15-20(11-12-22(21)32-4)33(30,31)26(6-2)7-3/h8-13,15,18H,5-7,14,16H2,1-4H3,(H,25,29). The molecule has 0 saturated carbocycles. The van der Waals surface area contributed by atoms with Crippen molar-refractivity contribution in [2.24, 2.45) is 5.92 Å². The van der Waals surface area contributed by atoms with Crippen molar-refractivity contribution in [3.05, 3.63) is 48.0 Å². The van der Waals surface area contributed by atoms with Crippen LogP contribution < -0.4 is 15.0 Å². The number of nitrogens with zero attached hydrogens (tertiary/aromatic N) is 2. The summed E-state index contributed by atoms with van der Waals surface area (Å²) in [6, 6.07) is 12.1. The van der Waals surface area contributed by atoms with Gasteiger partial charge in [0.1, 0.15) is 5.75 Å². The molecule has 0 spiro atoms. The summed E-state index contributed by atoms with van der Waals surface area (Å²) in [6.07, 6.45) is 0.939. The Morgan fingerprint density at radius 2 is 1.88 bits per heavy atom. The number of amides is 2. The van der Waals surface area contributed by atoms with E-state index in [4.69, 9.17) is 4.74 Å². The second kappa shape index (κ2) is 10.4. The quantitative estimate of drug-likeness (QED) is 0.603. The van der Waals surface area contributed by atoms with Crippen molar-refractivity contribution in [2.75, 3.05) is 37.0 Å². The summed E-state index contributed by atoms with van der Waals surface area (Å²) in [5.41, 5.74) is 2.15. The highest BCUT2D eigenvalue weighted by atomic mass is 32.2. The van der Waals surface area contributed by atoms with Crippen molar-refractivity contribution in [2.45, 2.75) is 38.5 Å². The first-order chi connectivity index (χ1) is 15.7. The number of nitrogens with one attached hydrogen (secondary N) is 1. The first kappa shape index (κ1) is 24.7. The maximum Gasteiger partial charge on any atom is 0.243 e. The highest BCUT2D eigenvalue weighted by molar-refractivity contribution is 7.89. The van der Waals surface area contributed by atoms with Gasteiger partial charge in [0.05, 0.1) is 23.6 Å². The van der Waals surface area contributed by atoms with E-state index < -0.39 is 15.9 Å². The van der Waals surface area contributed by atoms with E-state index in [2.05, 4.69) is 5.32 Å². The van der Waals surface area contributed by atoms with Crippen LogP contribution in [-0.4, -0.2) is 51.3 Å². The second-order valence-corrected chi connectivity index (χ2v) is 9.81. The van der Waals surface area contributed by atoms with Gasteiger partial charge in [-0.05, 0) is 42.3 Å². The number of rotatable bonds is 9. The Labute approximate surface area is 195 Å². The van der Waals surface area contributed by atoms with Crippen LogP contribution in [0.15, 0.2) is 47.4 Å². The third-order valence-electron chi connectivity index (χ3n) is 5.90. The fourth-order valence-electron chi connectivity index (χ4n) is 3.97. The molecular formula is C24H31N3O5S. The van der Waals surface area contributed by atoms with Crippen LogP contribution in [0.4, 0.5) is 11.4 Å². The van der Waals surface area contributed by atoms with E-state index in [-0.39, 0.29) is 35.4 Å². The summed E-state index contributed by atoms with van der Waals surface area (Å²) in [5, 5.41) is 2.78. The monoisotopic (exact) mass is 473 g/mol. The molecular weight excluding hydrogens is 442 g/mol. The lowest BCUT2D eigenvalue weighted by atomic mass is 10.1. The van der Waals surface area contributed by atoms with Gasteiger partial charge in [-0.25, -0.2) is 8.42 Å². The van der Waals surface area contributed by atoms with Crippen molar-refractivity contribution < 1.29 is 22.7 Å². The lowest BCUT2D eigenvalue weighted by molar-refractivity contribution is -0.122. The molecule has 1 saturated heterocycles. The van der Waals surface area contributed by atoms with Crippen LogP contribution in [-0.2, 0) is 26.0 Å². The van der Waals surface area contributed by atoms with Crippen molar-refractivity contribution in [1.82, 2.24) is 4.31 Å². The smallest absolute Gasteiger partial charge is 0.243 e. The molecule has 0 aromatic heterocycles. The van der Waals surface area contributed by atoms with Crippen LogP contribution in [0.2, 0.25) is 0 Å². The molecule has 1 unspecified atom stereocenters. The summed E-state index contributed by atoms with van der Waals surface area (Å²) < 4.78 is 32.5. The number of benzene rings is 2. The molecule has 0 aliphatic carbocycles. The number of hydrogen-bond acceptors (Lipinski definition) is 5. The van der Waals surface area contributed by atoms with E-state index in [1.54, 1.807) is 18.7 Å². The average molecular weight is 474 g/mol. The molecule has 33 heavy (non-hydrogen) atoms. The third-order valence-corrected chi connectivity index (χ3v) is 7.94. The van der Waals surface area contributed by atoms with Gasteiger partial charge in [0.25, 0.3) is 0 Å². The normalized spacial score (nSPS) is 16.3. The van der Waals surface area contributed by atoms with Gasteiger partial charge >= 0.3 is 0 Å². The maximum atomic E-state index is 13.0. The minimum atomic E-state index is -3.70. The van der Waals surface area contributed by atoms with Gasteiger partial charge in [-0.15, -0.1) is 0 Å². The van der Waals surface area contributed by atoms with Crippen LogP contribution in [0.1, 0.15) is 32.8 Å². The van der Waals surface area contributed by atoms with Crippen LogP contribution >= 0.6 is 0 Å². The average Bonchev–Trinajstić information content (AvgIpc) is 3.21. The Balaban J connectivity index is 1.81. The van der Waals surface area contributed by atoms with E-state index in [1.807, 2.05) is 31.2 Å². The molecule has 0 radical (unpaired) electrons. The lowest BCUT2D eigenvalue weighted by Gasteiger charge is -2.20. The molecule has 2 aromatic rings. The zero-order chi connectivity index (χ0) is 24.2. The van der Waals surface area contributed by atoms with Crippen molar-refractivity contribution in [1.29, 1.82) is 0 Å². The van der Waals surface area contributed by atoms with Gasteiger partial charge in [0.2, 0.25) is 21.8 Å². The summed E-state index contributed by atoms with van der Waals surface area (Å²) in [7, 11) is -2.25. The number of methoxy groups -OCH3 is 1. The van der Waals surface area contributed by atoms with Crippen molar-refractivity contribution in [3.63, 3.8) is 0 Å². The molecule has 178 valence electrons. The zero-order valence-electron chi connectivity index (χ0n) is 19.5. The van der Waals surface area contributed by atoms with E-state index in [9.17, 15) is 18.0 Å². The SMILES string of the molecule is CCc1cccc(N2CC(C(=O)Nc3cc(S(=O)(=O)N(CC)CC)ccc3OC)CC2=O)c1. The number of anilines is 2. The Kier molecular flexibility index (Phi) is 7.76. The number of carbonyl (C=O) groups excluding carboxylic acids is 2. The van der Waals surface area contributed by atoms with Gasteiger partial charge in [-0.1, -0.05) is 32.9 Å². The van der Waals surface area contributed by atoms with Crippen LogP contribution in [0.5, 0.6) is 5.75 Å². The molecule has 1 aliphatic heterocycles. The molecule has 1 heterocycles. The minimum Gasteiger partial charge on any atom is -0.495 e. The molecule has 9 heteroatoms. The summed E-state index contributed by atoms with van der Waals surface area (Å²) in [4.78, 5) is 27.4. The van der Waals surface area contributed by atoms with Crippen LogP contribution in [0.25, 0.3) is 0 Å². The molecule has 3 rings (SSSR count). The van der Waals surface area contributed by atoms with Crippen LogP contribution in [0, 0.1) is 5.92 Å². The molecule has 2 amide bonds. The lowest BCUT2D eigenvalue weighted by Crippen LogP contribution is -2.31. The van der Waals surface area contributed by atoms with E-state index >= 15 is 0 Å². The van der Waals surface area contributed by atoms with Gasteiger partial charge < -0.3 is 15.0 Å². The van der Waals surface area contributed by atoms with E-state index in [1.165, 1.54) is 29.6 Å². The highest BCUT2D eigenvalue weighted by Gasteiger charge is 2.35. The highest BCUT2D eigenvalue weighted by Crippen LogP contribution is 2.31. The topological polar surface area (TPSA) is 96.0 Å². The van der Waals surface area contributed by atoms with Gasteiger partial charge in [-0.3, -0.25) is 9.59 Å². The third kappa shape index (κ3) is 5.20. The van der Waals surface area contributed by atoms with Gasteiger partial charge in [-0.2, -0.15) is 4.31 Å². The molecule has 0 bridgehead atoms. The summed E-state index contributed by atoms with van der Waals surface area (Å²) in [6.45, 7) is 6.52. The molecule has 2 aromatic carbocycles. The minimum absolute atomic E-state index is 0.0720. The largest absolute Gasteiger partial charge is 0.495 e. The number of carbonyl (C=O) groups is 2. The Morgan fingerprint density at radius 1 is 1.15 bits per heavy atom. The molecule has 1 aliphatic rings. The molecule has 1 N–H and O–H groups in total. The first-order valence-corrected chi connectivity index (χ1v) is 12.6. The zero-order valence-corrected chi connectivity index (χ0v) is 20.3. The molecule has 1 atom stereocenters. The summed E-state index contributed by atoms with van der Waals surface area (Å²) in [5.74, 6) is -0.685. The second-order valence-electron chi connectivity index (χ2n) is 7.87. The Hall–Kier alpha value is -2.91. The Morgan fingerprint density at radius 3 is 2.52 bits per heavy atom. The van der Waals surface area contributed by atoms with Gasteiger partial charge in [0, 0.05) is 31.7 Å². The Bertz CT molecular complexity index is 1130. The van der Waals surface area contributed by atoms with Gasteiger partial charge in [0.15, 0.2) is 0 Å². The number of sulfonamides is 1. The molecule has 1 fully saturated rings. The summed E-state index contributed by atoms with van der Waals surface area (Å²) >= 11 is 0. The first-order valence-electron chi connectivity index (χ1n) is 11.1. The number of aryl methyl sites for hydroxylation is 1.